The summed E-state index contributed by atoms with van der Waals surface area (Å²) in [4.78, 5) is 14.6. The molecule has 2 aromatic rings. The molecular weight excluding hydrogens is 370 g/mol. The molecule has 0 spiro atoms. The highest BCUT2D eigenvalue weighted by Crippen LogP contribution is 2.23. The molecular formula is C22H31N3O4. The molecule has 158 valence electrons. The number of rotatable bonds is 8. The fraction of sp³-hybridized carbons (Fsp3) is 0.500. The van der Waals surface area contributed by atoms with Gasteiger partial charge in [-0.05, 0) is 44.0 Å². The average Bonchev–Trinajstić information content (AvgIpc) is 3.15. The van der Waals surface area contributed by atoms with Gasteiger partial charge in [-0.1, -0.05) is 17.7 Å². The quantitative estimate of drug-likeness (QED) is 0.711. The molecule has 1 atom stereocenters. The summed E-state index contributed by atoms with van der Waals surface area (Å²) in [5.41, 5.74) is 2.26. The van der Waals surface area contributed by atoms with Gasteiger partial charge in [-0.3, -0.25) is 4.90 Å². The number of morpholine rings is 1. The Labute approximate surface area is 172 Å². The Kier molecular flexibility index (Phi) is 7.55. The molecule has 1 aliphatic heterocycles. The van der Waals surface area contributed by atoms with Gasteiger partial charge >= 0.3 is 6.03 Å². The molecule has 1 aromatic carbocycles. The van der Waals surface area contributed by atoms with E-state index in [1.54, 1.807) is 7.11 Å². The van der Waals surface area contributed by atoms with Crippen LogP contribution < -0.4 is 15.4 Å². The highest BCUT2D eigenvalue weighted by Gasteiger charge is 2.25. The number of urea groups is 1. The summed E-state index contributed by atoms with van der Waals surface area (Å²) in [7, 11) is 1.66. The predicted molar refractivity (Wildman–Crippen MR) is 111 cm³/mol. The van der Waals surface area contributed by atoms with E-state index in [-0.39, 0.29) is 12.1 Å². The van der Waals surface area contributed by atoms with E-state index in [1.807, 2.05) is 38.1 Å². The first-order valence-electron chi connectivity index (χ1n) is 10.1. The van der Waals surface area contributed by atoms with Gasteiger partial charge in [-0.25, -0.2) is 4.79 Å². The molecule has 1 fully saturated rings. The van der Waals surface area contributed by atoms with Crippen molar-refractivity contribution in [1.29, 1.82) is 0 Å². The van der Waals surface area contributed by atoms with Crippen LogP contribution in [-0.4, -0.2) is 57.4 Å². The van der Waals surface area contributed by atoms with E-state index in [1.165, 1.54) is 5.56 Å². The largest absolute Gasteiger partial charge is 0.496 e. The number of furan rings is 1. The number of hydrogen-bond acceptors (Lipinski definition) is 5. The molecule has 29 heavy (non-hydrogen) atoms. The Hall–Kier alpha value is -2.51. The lowest BCUT2D eigenvalue weighted by atomic mass is 10.1. The number of nitrogens with zero attached hydrogens (tertiary/aromatic N) is 1. The minimum atomic E-state index is -0.182. The molecule has 0 saturated carbocycles. The first kappa shape index (κ1) is 21.2. The highest BCUT2D eigenvalue weighted by molar-refractivity contribution is 5.73. The maximum atomic E-state index is 12.4. The molecule has 3 rings (SSSR count). The highest BCUT2D eigenvalue weighted by atomic mass is 16.5. The fourth-order valence-electron chi connectivity index (χ4n) is 3.60. The predicted octanol–water partition coefficient (Wildman–Crippen LogP) is 2.82. The third kappa shape index (κ3) is 5.98. The standard InChI is InChI=1S/C22H31N3O4/c1-16-4-6-20(27-3)18(14-16)8-9-23-22(26)24-15-19(21-7-5-17(2)29-21)25-10-12-28-13-11-25/h4-7,14,19H,8-13,15H2,1-3H3,(H2,23,24,26). The Morgan fingerprint density at radius 3 is 2.66 bits per heavy atom. The van der Waals surface area contributed by atoms with Crippen LogP contribution in [-0.2, 0) is 11.2 Å². The lowest BCUT2D eigenvalue weighted by Crippen LogP contribution is -2.45. The fourth-order valence-corrected chi connectivity index (χ4v) is 3.60. The number of hydrogen-bond donors (Lipinski definition) is 2. The van der Waals surface area contributed by atoms with Crippen molar-refractivity contribution in [3.63, 3.8) is 0 Å². The second-order valence-corrected chi connectivity index (χ2v) is 7.31. The lowest BCUT2D eigenvalue weighted by Gasteiger charge is -2.33. The SMILES string of the molecule is COc1ccc(C)cc1CCNC(=O)NCC(c1ccc(C)o1)N1CCOCC1. The van der Waals surface area contributed by atoms with Crippen molar-refractivity contribution >= 4 is 6.03 Å². The number of methoxy groups -OCH3 is 1. The van der Waals surface area contributed by atoms with E-state index in [0.717, 1.165) is 35.9 Å². The molecule has 2 heterocycles. The van der Waals surface area contributed by atoms with Crippen molar-refractivity contribution in [1.82, 2.24) is 15.5 Å². The maximum absolute atomic E-state index is 12.4. The van der Waals surface area contributed by atoms with Crippen molar-refractivity contribution in [2.24, 2.45) is 0 Å². The van der Waals surface area contributed by atoms with Gasteiger partial charge in [0, 0.05) is 26.2 Å². The van der Waals surface area contributed by atoms with Crippen LogP contribution in [0.4, 0.5) is 4.79 Å². The van der Waals surface area contributed by atoms with E-state index in [2.05, 4.69) is 21.6 Å². The average molecular weight is 402 g/mol. The molecule has 0 bridgehead atoms. The number of nitrogens with one attached hydrogen (secondary N) is 2. The smallest absolute Gasteiger partial charge is 0.314 e. The normalized spacial score (nSPS) is 15.7. The van der Waals surface area contributed by atoms with Gasteiger partial charge in [0.1, 0.15) is 17.3 Å². The van der Waals surface area contributed by atoms with Crippen LogP contribution in [0.15, 0.2) is 34.7 Å². The van der Waals surface area contributed by atoms with E-state index < -0.39 is 0 Å². The van der Waals surface area contributed by atoms with Gasteiger partial charge in [-0.15, -0.1) is 0 Å². The molecule has 0 aliphatic carbocycles. The van der Waals surface area contributed by atoms with E-state index >= 15 is 0 Å². The first-order chi connectivity index (χ1) is 14.1. The first-order valence-corrected chi connectivity index (χ1v) is 10.1. The topological polar surface area (TPSA) is 76.0 Å². The maximum Gasteiger partial charge on any atom is 0.314 e. The molecule has 1 aliphatic rings. The number of ether oxygens (including phenoxy) is 2. The summed E-state index contributed by atoms with van der Waals surface area (Å²) in [6, 6.07) is 9.82. The van der Waals surface area contributed by atoms with Crippen LogP contribution in [0.25, 0.3) is 0 Å². The van der Waals surface area contributed by atoms with E-state index in [4.69, 9.17) is 13.9 Å². The van der Waals surface area contributed by atoms with Gasteiger partial charge < -0.3 is 24.5 Å². The van der Waals surface area contributed by atoms with Gasteiger partial charge in [0.25, 0.3) is 0 Å². The number of amides is 2. The van der Waals surface area contributed by atoms with Crippen molar-refractivity contribution in [2.45, 2.75) is 26.3 Å². The molecule has 2 amide bonds. The van der Waals surface area contributed by atoms with Crippen LogP contribution in [0.2, 0.25) is 0 Å². The van der Waals surface area contributed by atoms with Gasteiger partial charge in [0.2, 0.25) is 0 Å². The monoisotopic (exact) mass is 401 g/mol. The third-order valence-electron chi connectivity index (χ3n) is 5.15. The second kappa shape index (κ2) is 10.3. The van der Waals surface area contributed by atoms with Gasteiger partial charge in [0.05, 0.1) is 26.4 Å². The Balaban J connectivity index is 1.51. The number of carbonyl (C=O) groups excluding carboxylic acids is 1. The van der Waals surface area contributed by atoms with Crippen LogP contribution in [0.5, 0.6) is 5.75 Å². The molecule has 7 nitrogen and oxygen atoms in total. The zero-order valence-electron chi connectivity index (χ0n) is 17.5. The zero-order valence-corrected chi connectivity index (χ0v) is 17.5. The lowest BCUT2D eigenvalue weighted by molar-refractivity contribution is 0.0121. The number of aryl methyl sites for hydroxylation is 2. The van der Waals surface area contributed by atoms with Crippen molar-refractivity contribution < 1.29 is 18.7 Å². The minimum absolute atomic E-state index is 0.00443. The number of carbonyl (C=O) groups is 1. The van der Waals surface area contributed by atoms with Crippen LogP contribution in [0.1, 0.15) is 28.7 Å². The van der Waals surface area contributed by atoms with E-state index in [0.29, 0.717) is 32.7 Å². The van der Waals surface area contributed by atoms with Crippen molar-refractivity contribution in [3.8, 4) is 5.75 Å². The minimum Gasteiger partial charge on any atom is -0.496 e. The van der Waals surface area contributed by atoms with Gasteiger partial charge in [0.15, 0.2) is 0 Å². The van der Waals surface area contributed by atoms with Crippen LogP contribution >= 0.6 is 0 Å². The summed E-state index contributed by atoms with van der Waals surface area (Å²) >= 11 is 0. The van der Waals surface area contributed by atoms with E-state index in [9.17, 15) is 4.79 Å². The molecule has 2 N–H and O–H groups in total. The van der Waals surface area contributed by atoms with Crippen LogP contribution in [0, 0.1) is 13.8 Å². The third-order valence-corrected chi connectivity index (χ3v) is 5.15. The molecule has 1 unspecified atom stereocenters. The summed E-state index contributed by atoms with van der Waals surface area (Å²) in [5.74, 6) is 2.59. The van der Waals surface area contributed by atoms with Crippen molar-refractivity contribution in [3.05, 3.63) is 53.0 Å². The Bertz CT molecular complexity index is 799. The Morgan fingerprint density at radius 2 is 1.97 bits per heavy atom. The van der Waals surface area contributed by atoms with Gasteiger partial charge in [-0.2, -0.15) is 0 Å². The number of benzene rings is 1. The zero-order chi connectivity index (χ0) is 20.6. The molecule has 7 heteroatoms. The summed E-state index contributed by atoms with van der Waals surface area (Å²) in [6.45, 7) is 8.02. The summed E-state index contributed by atoms with van der Waals surface area (Å²) in [6.07, 6.45) is 0.711. The second-order valence-electron chi connectivity index (χ2n) is 7.31. The molecule has 1 aromatic heterocycles. The van der Waals surface area contributed by atoms with Crippen LogP contribution in [0.3, 0.4) is 0 Å². The molecule has 0 radical (unpaired) electrons. The van der Waals surface area contributed by atoms with Crippen molar-refractivity contribution in [2.75, 3.05) is 46.5 Å². The summed E-state index contributed by atoms with van der Waals surface area (Å²) < 4.78 is 16.7. The summed E-state index contributed by atoms with van der Waals surface area (Å²) in [5, 5.41) is 5.93. The molecule has 1 saturated heterocycles. The Morgan fingerprint density at radius 1 is 1.17 bits per heavy atom.